The molecule has 2 atom stereocenters. The molecule has 0 spiro atoms. The molecule has 100 valence electrons. The van der Waals surface area contributed by atoms with Gasteiger partial charge in [-0.3, -0.25) is 4.79 Å². The van der Waals surface area contributed by atoms with Crippen molar-refractivity contribution in [2.24, 2.45) is 5.92 Å². The second kappa shape index (κ2) is 7.19. The summed E-state index contributed by atoms with van der Waals surface area (Å²) in [5.74, 6) is 0.776. The molecule has 0 radical (unpaired) electrons. The number of carbonyl (C=O) groups is 1. The number of likely N-dealkylation sites (N-methyl/N-ethyl adjacent to an activating group) is 1. The van der Waals surface area contributed by atoms with E-state index in [-0.39, 0.29) is 12.4 Å². The van der Waals surface area contributed by atoms with Gasteiger partial charge in [0.05, 0.1) is 0 Å². The Morgan fingerprint density at radius 2 is 2.29 bits per heavy atom. The molecule has 2 rings (SSSR count). The molecule has 5 heteroatoms. The van der Waals surface area contributed by atoms with E-state index >= 15 is 0 Å². The van der Waals surface area contributed by atoms with Gasteiger partial charge in [0, 0.05) is 38.8 Å². The monoisotopic (exact) mass is 262 g/mol. The van der Waals surface area contributed by atoms with Crippen molar-refractivity contribution in [2.75, 3.05) is 33.4 Å². The zero-order valence-electron chi connectivity index (χ0n) is 10.5. The first kappa shape index (κ1) is 14.7. The standard InChI is InChI=1S/C12H22N2O2.ClH/c1-13-11-3-2-5-14(8-11)12(15)7-10-4-6-16-9-10;/h10-11,13H,2-9H2,1H3;1H. The summed E-state index contributed by atoms with van der Waals surface area (Å²) >= 11 is 0. The Morgan fingerprint density at radius 3 is 2.94 bits per heavy atom. The van der Waals surface area contributed by atoms with Gasteiger partial charge in [0.25, 0.3) is 0 Å². The van der Waals surface area contributed by atoms with Gasteiger partial charge >= 0.3 is 0 Å². The molecule has 4 nitrogen and oxygen atoms in total. The Morgan fingerprint density at radius 1 is 1.47 bits per heavy atom. The molecule has 0 aliphatic carbocycles. The number of likely N-dealkylation sites (tertiary alicyclic amines) is 1. The number of halogens is 1. The lowest BCUT2D eigenvalue weighted by Gasteiger charge is -2.33. The van der Waals surface area contributed by atoms with Crippen LogP contribution >= 0.6 is 12.4 Å². The topological polar surface area (TPSA) is 41.6 Å². The van der Waals surface area contributed by atoms with Crippen LogP contribution in [0, 0.1) is 5.92 Å². The number of nitrogens with one attached hydrogen (secondary N) is 1. The summed E-state index contributed by atoms with van der Waals surface area (Å²) in [6.07, 6.45) is 4.04. The van der Waals surface area contributed by atoms with Gasteiger partial charge in [-0.15, -0.1) is 12.4 Å². The molecule has 0 saturated carbocycles. The highest BCUT2D eigenvalue weighted by Crippen LogP contribution is 2.19. The Kier molecular flexibility index (Phi) is 6.23. The third-order valence-electron chi connectivity index (χ3n) is 3.67. The maximum atomic E-state index is 12.1. The summed E-state index contributed by atoms with van der Waals surface area (Å²) in [6.45, 7) is 3.42. The number of rotatable bonds is 3. The van der Waals surface area contributed by atoms with Crippen LogP contribution in [0.2, 0.25) is 0 Å². The number of hydrogen-bond acceptors (Lipinski definition) is 3. The predicted molar refractivity (Wildman–Crippen MR) is 69.5 cm³/mol. The molecule has 1 N–H and O–H groups in total. The van der Waals surface area contributed by atoms with E-state index in [1.54, 1.807) is 0 Å². The minimum Gasteiger partial charge on any atom is -0.381 e. The molecular weight excluding hydrogens is 240 g/mol. The van der Waals surface area contributed by atoms with Crippen molar-refractivity contribution in [1.82, 2.24) is 10.2 Å². The lowest BCUT2D eigenvalue weighted by atomic mass is 10.0. The highest BCUT2D eigenvalue weighted by Gasteiger charge is 2.26. The minimum atomic E-state index is 0. The summed E-state index contributed by atoms with van der Waals surface area (Å²) in [5, 5.41) is 3.26. The summed E-state index contributed by atoms with van der Waals surface area (Å²) in [5.41, 5.74) is 0. The Balaban J connectivity index is 0.00000144. The van der Waals surface area contributed by atoms with E-state index in [2.05, 4.69) is 5.32 Å². The van der Waals surface area contributed by atoms with E-state index in [0.29, 0.717) is 24.3 Å². The maximum absolute atomic E-state index is 12.1. The third kappa shape index (κ3) is 4.12. The Labute approximate surface area is 109 Å². The molecule has 2 heterocycles. The smallest absolute Gasteiger partial charge is 0.222 e. The molecule has 17 heavy (non-hydrogen) atoms. The van der Waals surface area contributed by atoms with Gasteiger partial charge in [0.1, 0.15) is 0 Å². The quantitative estimate of drug-likeness (QED) is 0.827. The van der Waals surface area contributed by atoms with Crippen LogP contribution in [0.3, 0.4) is 0 Å². The van der Waals surface area contributed by atoms with E-state index in [4.69, 9.17) is 4.74 Å². The molecular formula is C12H23ClN2O2. The van der Waals surface area contributed by atoms with Gasteiger partial charge in [-0.05, 0) is 32.2 Å². The molecule has 2 aliphatic rings. The fraction of sp³-hybridized carbons (Fsp3) is 0.917. The number of amides is 1. The molecule has 2 aliphatic heterocycles. The van der Waals surface area contributed by atoms with Crippen LogP contribution in [0.5, 0.6) is 0 Å². The lowest BCUT2D eigenvalue weighted by Crippen LogP contribution is -2.47. The van der Waals surface area contributed by atoms with Crippen LogP contribution in [-0.2, 0) is 9.53 Å². The molecule has 2 fully saturated rings. The number of ether oxygens (including phenoxy) is 1. The van der Waals surface area contributed by atoms with Crippen molar-refractivity contribution in [1.29, 1.82) is 0 Å². The summed E-state index contributed by atoms with van der Waals surface area (Å²) in [7, 11) is 1.98. The van der Waals surface area contributed by atoms with Crippen LogP contribution in [0.4, 0.5) is 0 Å². The largest absolute Gasteiger partial charge is 0.381 e. The highest BCUT2D eigenvalue weighted by molar-refractivity contribution is 5.85. The van der Waals surface area contributed by atoms with Gasteiger partial charge in [0.2, 0.25) is 5.91 Å². The van der Waals surface area contributed by atoms with E-state index in [1.807, 2.05) is 11.9 Å². The van der Waals surface area contributed by atoms with E-state index in [1.165, 1.54) is 6.42 Å². The Bertz CT molecular complexity index is 245. The normalized spacial score (nSPS) is 28.9. The highest BCUT2D eigenvalue weighted by atomic mass is 35.5. The van der Waals surface area contributed by atoms with Crippen molar-refractivity contribution in [3.8, 4) is 0 Å². The average Bonchev–Trinajstić information content (AvgIpc) is 2.82. The zero-order valence-corrected chi connectivity index (χ0v) is 11.3. The zero-order chi connectivity index (χ0) is 11.4. The van der Waals surface area contributed by atoms with Gasteiger partial charge in [-0.2, -0.15) is 0 Å². The fourth-order valence-electron chi connectivity index (χ4n) is 2.56. The molecule has 0 aromatic heterocycles. The molecule has 2 unspecified atom stereocenters. The number of piperidine rings is 1. The van der Waals surface area contributed by atoms with Crippen molar-refractivity contribution >= 4 is 18.3 Å². The molecule has 1 amide bonds. The first-order valence-electron chi connectivity index (χ1n) is 6.32. The number of hydrogen-bond donors (Lipinski definition) is 1. The minimum absolute atomic E-state index is 0. The first-order chi connectivity index (χ1) is 7.79. The molecule has 0 aromatic carbocycles. The number of nitrogens with zero attached hydrogens (tertiary/aromatic N) is 1. The van der Waals surface area contributed by atoms with Crippen LogP contribution in [0.1, 0.15) is 25.7 Å². The SMILES string of the molecule is CNC1CCCN(C(=O)CC2CCOC2)C1.Cl. The van der Waals surface area contributed by atoms with Gasteiger partial charge in [-0.1, -0.05) is 0 Å². The van der Waals surface area contributed by atoms with Crippen molar-refractivity contribution < 1.29 is 9.53 Å². The predicted octanol–water partition coefficient (Wildman–Crippen LogP) is 1.05. The van der Waals surface area contributed by atoms with Crippen molar-refractivity contribution in [3.63, 3.8) is 0 Å². The average molecular weight is 263 g/mol. The van der Waals surface area contributed by atoms with Gasteiger partial charge in [0.15, 0.2) is 0 Å². The summed E-state index contributed by atoms with van der Waals surface area (Å²) < 4.78 is 5.30. The maximum Gasteiger partial charge on any atom is 0.222 e. The summed E-state index contributed by atoms with van der Waals surface area (Å²) in [6, 6.07) is 0.484. The van der Waals surface area contributed by atoms with Gasteiger partial charge < -0.3 is 15.0 Å². The third-order valence-corrected chi connectivity index (χ3v) is 3.67. The fourth-order valence-corrected chi connectivity index (χ4v) is 2.56. The van der Waals surface area contributed by atoms with Crippen molar-refractivity contribution in [2.45, 2.75) is 31.7 Å². The molecule has 2 saturated heterocycles. The molecule has 0 bridgehead atoms. The molecule has 0 aromatic rings. The van der Waals surface area contributed by atoms with Crippen LogP contribution in [0.25, 0.3) is 0 Å². The van der Waals surface area contributed by atoms with Crippen molar-refractivity contribution in [3.05, 3.63) is 0 Å². The lowest BCUT2D eigenvalue weighted by molar-refractivity contribution is -0.133. The van der Waals surface area contributed by atoms with Crippen LogP contribution < -0.4 is 5.32 Å². The van der Waals surface area contributed by atoms with E-state index in [0.717, 1.165) is 39.1 Å². The Hall–Kier alpha value is -0.320. The van der Waals surface area contributed by atoms with Gasteiger partial charge in [-0.25, -0.2) is 0 Å². The van der Waals surface area contributed by atoms with E-state index in [9.17, 15) is 4.79 Å². The second-order valence-electron chi connectivity index (χ2n) is 4.90. The van der Waals surface area contributed by atoms with Crippen LogP contribution in [0.15, 0.2) is 0 Å². The van der Waals surface area contributed by atoms with Crippen LogP contribution in [-0.4, -0.2) is 50.2 Å². The first-order valence-corrected chi connectivity index (χ1v) is 6.32. The number of carbonyl (C=O) groups excluding carboxylic acids is 1. The van der Waals surface area contributed by atoms with E-state index < -0.39 is 0 Å². The summed E-state index contributed by atoms with van der Waals surface area (Å²) in [4.78, 5) is 14.1. The second-order valence-corrected chi connectivity index (χ2v) is 4.90.